The highest BCUT2D eigenvalue weighted by Crippen LogP contribution is 2.18. The van der Waals surface area contributed by atoms with E-state index in [1.807, 2.05) is 25.7 Å². The van der Waals surface area contributed by atoms with Crippen molar-refractivity contribution in [1.82, 2.24) is 15.1 Å². The van der Waals surface area contributed by atoms with Crippen molar-refractivity contribution >= 4 is 0 Å². The minimum atomic E-state index is 0.495. The molecule has 1 saturated heterocycles. The van der Waals surface area contributed by atoms with E-state index in [0.29, 0.717) is 12.1 Å². The predicted molar refractivity (Wildman–Crippen MR) is 72.7 cm³/mol. The van der Waals surface area contributed by atoms with Gasteiger partial charge in [-0.25, -0.2) is 0 Å². The second-order valence-corrected chi connectivity index (χ2v) is 5.30. The number of aryl methyl sites for hydroxylation is 2. The summed E-state index contributed by atoms with van der Waals surface area (Å²) in [6, 6.07) is 2.69. The van der Waals surface area contributed by atoms with Gasteiger partial charge in [0.25, 0.3) is 0 Å². The van der Waals surface area contributed by atoms with Crippen molar-refractivity contribution < 1.29 is 4.74 Å². The van der Waals surface area contributed by atoms with E-state index in [2.05, 4.69) is 16.5 Å². The predicted octanol–water partition coefficient (Wildman–Crippen LogP) is 1.82. The zero-order valence-electron chi connectivity index (χ0n) is 11.8. The Morgan fingerprint density at radius 1 is 1.61 bits per heavy atom. The summed E-state index contributed by atoms with van der Waals surface area (Å²) in [5.41, 5.74) is 2.40. The number of nitrogens with one attached hydrogen (secondary N) is 1. The van der Waals surface area contributed by atoms with Crippen LogP contribution in [0, 0.1) is 6.92 Å². The highest BCUT2D eigenvalue weighted by molar-refractivity contribution is 5.10. The minimum Gasteiger partial charge on any atom is -0.378 e. The summed E-state index contributed by atoms with van der Waals surface area (Å²) in [6.07, 6.45) is 6.35. The van der Waals surface area contributed by atoms with Gasteiger partial charge in [0.1, 0.15) is 0 Å². The van der Waals surface area contributed by atoms with E-state index in [1.54, 1.807) is 0 Å². The van der Waals surface area contributed by atoms with Gasteiger partial charge < -0.3 is 10.1 Å². The highest BCUT2D eigenvalue weighted by atomic mass is 16.5. The fourth-order valence-corrected chi connectivity index (χ4v) is 2.72. The Kier molecular flexibility index (Phi) is 4.78. The van der Waals surface area contributed by atoms with E-state index in [-0.39, 0.29) is 0 Å². The third-order valence-corrected chi connectivity index (χ3v) is 3.82. The maximum Gasteiger partial charge on any atom is 0.0596 e. The average molecular weight is 251 g/mol. The molecule has 0 spiro atoms. The standard InChI is InChI=1S/C14H25N3O/c1-11-9-13(17(3)16-11)10-12(15-2)6-7-14-5-4-8-18-14/h9,12,14-15H,4-8,10H2,1-3H3. The number of nitrogens with zero attached hydrogens (tertiary/aromatic N) is 2. The summed E-state index contributed by atoms with van der Waals surface area (Å²) < 4.78 is 7.67. The molecule has 2 heterocycles. The topological polar surface area (TPSA) is 39.1 Å². The average Bonchev–Trinajstić information content (AvgIpc) is 2.95. The summed E-state index contributed by atoms with van der Waals surface area (Å²) in [5.74, 6) is 0. The Morgan fingerprint density at radius 3 is 3.00 bits per heavy atom. The monoisotopic (exact) mass is 251 g/mol. The van der Waals surface area contributed by atoms with Crippen LogP contribution in [0.3, 0.4) is 0 Å². The van der Waals surface area contributed by atoms with E-state index in [0.717, 1.165) is 18.7 Å². The Hall–Kier alpha value is -0.870. The van der Waals surface area contributed by atoms with Gasteiger partial charge in [-0.15, -0.1) is 0 Å². The van der Waals surface area contributed by atoms with Crippen LogP contribution in [0.25, 0.3) is 0 Å². The molecular formula is C14H25N3O. The number of ether oxygens (including phenoxy) is 1. The zero-order chi connectivity index (χ0) is 13.0. The first-order valence-electron chi connectivity index (χ1n) is 6.97. The van der Waals surface area contributed by atoms with Crippen LogP contribution < -0.4 is 5.32 Å². The lowest BCUT2D eigenvalue weighted by molar-refractivity contribution is 0.0997. The van der Waals surface area contributed by atoms with Crippen molar-refractivity contribution in [2.75, 3.05) is 13.7 Å². The summed E-state index contributed by atoms with van der Waals surface area (Å²) in [4.78, 5) is 0. The molecule has 0 radical (unpaired) electrons. The highest BCUT2D eigenvalue weighted by Gasteiger charge is 2.18. The molecular weight excluding hydrogens is 226 g/mol. The summed E-state index contributed by atoms with van der Waals surface area (Å²) in [7, 11) is 4.07. The van der Waals surface area contributed by atoms with E-state index in [4.69, 9.17) is 4.74 Å². The molecule has 102 valence electrons. The molecule has 4 nitrogen and oxygen atoms in total. The molecule has 1 fully saturated rings. The van der Waals surface area contributed by atoms with Gasteiger partial charge in [0.15, 0.2) is 0 Å². The van der Waals surface area contributed by atoms with Crippen molar-refractivity contribution in [3.63, 3.8) is 0 Å². The molecule has 4 heteroatoms. The lowest BCUT2D eigenvalue weighted by Gasteiger charge is -2.18. The van der Waals surface area contributed by atoms with Crippen LogP contribution in [0.15, 0.2) is 6.07 Å². The number of aromatic nitrogens is 2. The first-order valence-corrected chi connectivity index (χ1v) is 6.97. The van der Waals surface area contributed by atoms with E-state index < -0.39 is 0 Å². The van der Waals surface area contributed by atoms with E-state index in [9.17, 15) is 0 Å². The Morgan fingerprint density at radius 2 is 2.44 bits per heavy atom. The van der Waals surface area contributed by atoms with Crippen LogP contribution in [-0.2, 0) is 18.2 Å². The third-order valence-electron chi connectivity index (χ3n) is 3.82. The van der Waals surface area contributed by atoms with Crippen LogP contribution in [0.5, 0.6) is 0 Å². The number of likely N-dealkylation sites (N-methyl/N-ethyl adjacent to an activating group) is 1. The normalized spacial score (nSPS) is 21.4. The van der Waals surface area contributed by atoms with Gasteiger partial charge in [0.05, 0.1) is 11.8 Å². The maximum absolute atomic E-state index is 5.68. The molecule has 1 aromatic rings. The fraction of sp³-hybridized carbons (Fsp3) is 0.786. The first-order chi connectivity index (χ1) is 8.69. The summed E-state index contributed by atoms with van der Waals surface area (Å²) in [5, 5.41) is 7.81. The van der Waals surface area contributed by atoms with E-state index >= 15 is 0 Å². The van der Waals surface area contributed by atoms with Crippen LogP contribution >= 0.6 is 0 Å². The molecule has 2 unspecified atom stereocenters. The smallest absolute Gasteiger partial charge is 0.0596 e. The molecule has 2 atom stereocenters. The Bertz CT molecular complexity index is 369. The SMILES string of the molecule is CNC(CCC1CCCO1)Cc1cc(C)nn1C. The van der Waals surface area contributed by atoms with Gasteiger partial charge in [0, 0.05) is 31.8 Å². The van der Waals surface area contributed by atoms with Crippen molar-refractivity contribution in [2.24, 2.45) is 7.05 Å². The lowest BCUT2D eigenvalue weighted by Crippen LogP contribution is -2.29. The Labute approximate surface area is 110 Å². The van der Waals surface area contributed by atoms with Gasteiger partial charge in [-0.3, -0.25) is 4.68 Å². The third kappa shape index (κ3) is 3.56. The van der Waals surface area contributed by atoms with Gasteiger partial charge in [0.2, 0.25) is 0 Å². The van der Waals surface area contributed by atoms with Crippen molar-refractivity contribution in [3.05, 3.63) is 17.5 Å². The van der Waals surface area contributed by atoms with E-state index in [1.165, 1.54) is 31.4 Å². The number of hydrogen-bond acceptors (Lipinski definition) is 3. The van der Waals surface area contributed by atoms with Crippen LogP contribution in [0.4, 0.5) is 0 Å². The molecule has 18 heavy (non-hydrogen) atoms. The molecule has 0 aliphatic carbocycles. The van der Waals surface area contributed by atoms with Gasteiger partial charge in [-0.2, -0.15) is 5.10 Å². The second kappa shape index (κ2) is 6.34. The molecule has 1 N–H and O–H groups in total. The summed E-state index contributed by atoms with van der Waals surface area (Å²) in [6.45, 7) is 3.00. The van der Waals surface area contributed by atoms with Crippen LogP contribution in [0.2, 0.25) is 0 Å². The van der Waals surface area contributed by atoms with Crippen LogP contribution in [-0.4, -0.2) is 35.6 Å². The Balaban J connectivity index is 1.82. The lowest BCUT2D eigenvalue weighted by atomic mass is 10.0. The van der Waals surface area contributed by atoms with Gasteiger partial charge in [-0.1, -0.05) is 0 Å². The number of rotatable bonds is 6. The molecule has 1 aliphatic rings. The molecule has 0 saturated carbocycles. The van der Waals surface area contributed by atoms with Crippen molar-refractivity contribution in [3.8, 4) is 0 Å². The second-order valence-electron chi connectivity index (χ2n) is 5.30. The molecule has 0 amide bonds. The maximum atomic E-state index is 5.68. The largest absolute Gasteiger partial charge is 0.378 e. The van der Waals surface area contributed by atoms with Crippen molar-refractivity contribution in [2.45, 2.75) is 51.2 Å². The van der Waals surface area contributed by atoms with Crippen molar-refractivity contribution in [1.29, 1.82) is 0 Å². The van der Waals surface area contributed by atoms with Gasteiger partial charge in [-0.05, 0) is 45.7 Å². The van der Waals surface area contributed by atoms with Crippen LogP contribution in [0.1, 0.15) is 37.1 Å². The van der Waals surface area contributed by atoms with Gasteiger partial charge >= 0.3 is 0 Å². The quantitative estimate of drug-likeness (QED) is 0.838. The minimum absolute atomic E-state index is 0.495. The first kappa shape index (κ1) is 13.6. The summed E-state index contributed by atoms with van der Waals surface area (Å²) >= 11 is 0. The molecule has 0 bridgehead atoms. The molecule has 1 aromatic heterocycles. The molecule has 1 aliphatic heterocycles. The molecule has 2 rings (SSSR count). The number of hydrogen-bond donors (Lipinski definition) is 1. The fourth-order valence-electron chi connectivity index (χ4n) is 2.72. The molecule has 0 aromatic carbocycles. The zero-order valence-corrected chi connectivity index (χ0v) is 11.8.